The van der Waals surface area contributed by atoms with Crippen molar-refractivity contribution in [2.45, 2.75) is 53.3 Å². The van der Waals surface area contributed by atoms with Gasteiger partial charge in [-0.05, 0) is 45.7 Å². The highest BCUT2D eigenvalue weighted by atomic mass is 35.5. The molecule has 0 saturated heterocycles. The van der Waals surface area contributed by atoms with Crippen LogP contribution in [0.15, 0.2) is 35.3 Å². The molecule has 1 aromatic carbocycles. The number of nitrogens with zero attached hydrogens (tertiary/aromatic N) is 3. The minimum absolute atomic E-state index is 0.117. The maximum atomic E-state index is 13.1. The average Bonchev–Trinajstić information content (AvgIpc) is 2.96. The highest BCUT2D eigenvalue weighted by molar-refractivity contribution is 6.31. The smallest absolute Gasteiger partial charge is 0.276 e. The summed E-state index contributed by atoms with van der Waals surface area (Å²) >= 11 is 6.32. The van der Waals surface area contributed by atoms with Crippen LogP contribution in [0.25, 0.3) is 10.8 Å². The second kappa shape index (κ2) is 10.1. The Bertz CT molecular complexity index is 1130. The molecule has 1 amide bonds. The minimum Gasteiger partial charge on any atom is -0.379 e. The zero-order valence-corrected chi connectivity index (χ0v) is 19.2. The van der Waals surface area contributed by atoms with E-state index in [2.05, 4.69) is 15.0 Å². The lowest BCUT2D eigenvalue weighted by Gasteiger charge is -2.10. The predicted molar refractivity (Wildman–Crippen MR) is 123 cm³/mol. The number of carbonyl (C=O) groups is 1. The third-order valence-electron chi connectivity index (χ3n) is 5.28. The molecule has 2 heterocycles. The van der Waals surface area contributed by atoms with E-state index in [9.17, 15) is 9.59 Å². The van der Waals surface area contributed by atoms with E-state index in [1.54, 1.807) is 6.20 Å². The summed E-state index contributed by atoms with van der Waals surface area (Å²) in [5, 5.41) is 9.10. The lowest BCUT2D eigenvalue weighted by molar-refractivity contribution is -0.121. The van der Waals surface area contributed by atoms with Crippen molar-refractivity contribution in [2.24, 2.45) is 0 Å². The van der Waals surface area contributed by atoms with E-state index in [0.717, 1.165) is 22.3 Å². The topological polar surface area (TPSA) is 78.2 Å². The van der Waals surface area contributed by atoms with Crippen LogP contribution in [0.3, 0.4) is 0 Å². The molecule has 1 N–H and O–H groups in total. The molecule has 0 saturated carbocycles. The molecule has 0 fully saturated rings. The van der Waals surface area contributed by atoms with Crippen molar-refractivity contribution in [3.63, 3.8) is 0 Å². The fraction of sp³-hybridized carbons (Fsp3) is 0.435. The summed E-state index contributed by atoms with van der Waals surface area (Å²) in [5.74, 6) is -0.247. The van der Waals surface area contributed by atoms with Crippen molar-refractivity contribution in [1.29, 1.82) is 0 Å². The van der Waals surface area contributed by atoms with E-state index >= 15 is 0 Å². The zero-order chi connectivity index (χ0) is 22.5. The summed E-state index contributed by atoms with van der Waals surface area (Å²) < 4.78 is 8.74. The van der Waals surface area contributed by atoms with E-state index < -0.39 is 0 Å². The summed E-state index contributed by atoms with van der Waals surface area (Å²) in [5.41, 5.74) is 2.48. The molecule has 3 rings (SSSR count). The first kappa shape index (κ1) is 23.0. The number of hydrogen-bond donors (Lipinski definition) is 1. The van der Waals surface area contributed by atoms with Crippen molar-refractivity contribution >= 4 is 28.3 Å². The van der Waals surface area contributed by atoms with Gasteiger partial charge < -0.3 is 14.6 Å². The van der Waals surface area contributed by atoms with E-state index in [1.165, 1.54) is 4.68 Å². The molecule has 2 aromatic heterocycles. The van der Waals surface area contributed by atoms with Gasteiger partial charge in [-0.2, -0.15) is 5.10 Å². The van der Waals surface area contributed by atoms with Gasteiger partial charge in [0, 0.05) is 41.5 Å². The third kappa shape index (κ3) is 5.35. The van der Waals surface area contributed by atoms with Gasteiger partial charge >= 0.3 is 0 Å². The van der Waals surface area contributed by atoms with Crippen LogP contribution in [0.1, 0.15) is 37.2 Å². The van der Waals surface area contributed by atoms with Gasteiger partial charge in [-0.25, -0.2) is 4.68 Å². The Balaban J connectivity index is 1.77. The number of nitrogens with one attached hydrogen (secondary N) is 1. The number of ether oxygens (including phenoxy) is 1. The molecule has 8 heteroatoms. The molecular weight excluding hydrogens is 416 g/mol. The first-order valence-electron chi connectivity index (χ1n) is 10.5. The fourth-order valence-electron chi connectivity index (χ4n) is 3.60. The molecule has 31 heavy (non-hydrogen) atoms. The largest absolute Gasteiger partial charge is 0.379 e. The van der Waals surface area contributed by atoms with Gasteiger partial charge in [-0.15, -0.1) is 0 Å². The molecule has 0 spiro atoms. The maximum Gasteiger partial charge on any atom is 0.276 e. The Hall–Kier alpha value is -2.64. The fourth-order valence-corrected chi connectivity index (χ4v) is 3.80. The second-order valence-electron chi connectivity index (χ2n) is 7.87. The number of aryl methyl sites for hydroxylation is 2. The Morgan fingerprint density at radius 2 is 1.97 bits per heavy atom. The molecule has 0 bridgehead atoms. The van der Waals surface area contributed by atoms with E-state index in [4.69, 9.17) is 16.3 Å². The first-order chi connectivity index (χ1) is 14.8. The molecule has 0 atom stereocenters. The average molecular weight is 445 g/mol. The van der Waals surface area contributed by atoms with Crippen LogP contribution >= 0.6 is 11.6 Å². The third-order valence-corrected chi connectivity index (χ3v) is 5.65. The monoisotopic (exact) mass is 444 g/mol. The quantitative estimate of drug-likeness (QED) is 0.513. The van der Waals surface area contributed by atoms with Crippen molar-refractivity contribution in [1.82, 2.24) is 19.7 Å². The number of carbonyl (C=O) groups excluding carboxylic acids is 1. The van der Waals surface area contributed by atoms with Crippen LogP contribution < -0.4 is 10.9 Å². The van der Waals surface area contributed by atoms with Crippen molar-refractivity contribution < 1.29 is 9.53 Å². The Morgan fingerprint density at radius 1 is 1.23 bits per heavy atom. The van der Waals surface area contributed by atoms with Gasteiger partial charge in [0.2, 0.25) is 5.91 Å². The number of benzene rings is 1. The summed E-state index contributed by atoms with van der Waals surface area (Å²) in [6.45, 7) is 9.33. The van der Waals surface area contributed by atoms with Gasteiger partial charge in [-0.1, -0.05) is 29.8 Å². The maximum absolute atomic E-state index is 13.1. The number of aromatic nitrogens is 3. The van der Waals surface area contributed by atoms with Gasteiger partial charge in [-0.3, -0.25) is 9.59 Å². The molecule has 0 radical (unpaired) electrons. The summed E-state index contributed by atoms with van der Waals surface area (Å²) in [7, 11) is 0. The Morgan fingerprint density at radius 3 is 2.68 bits per heavy atom. The second-order valence-corrected chi connectivity index (χ2v) is 8.27. The lowest BCUT2D eigenvalue weighted by atomic mass is 10.2. The number of amides is 1. The number of halogens is 1. The number of rotatable bonds is 9. The summed E-state index contributed by atoms with van der Waals surface area (Å²) in [6, 6.07) is 7.66. The molecule has 0 unspecified atom stereocenters. The highest BCUT2D eigenvalue weighted by Gasteiger charge is 2.18. The van der Waals surface area contributed by atoms with Crippen molar-refractivity contribution in [2.75, 3.05) is 13.2 Å². The van der Waals surface area contributed by atoms with Gasteiger partial charge in [0.1, 0.15) is 6.54 Å². The molecule has 166 valence electrons. The van der Waals surface area contributed by atoms with E-state index in [-0.39, 0.29) is 24.1 Å². The Labute approximate surface area is 187 Å². The molecule has 0 aliphatic heterocycles. The highest BCUT2D eigenvalue weighted by Crippen LogP contribution is 2.25. The number of fused-ring (bicyclic) bond motifs is 1. The van der Waals surface area contributed by atoms with Crippen LogP contribution in [0.5, 0.6) is 0 Å². The summed E-state index contributed by atoms with van der Waals surface area (Å²) in [4.78, 5) is 25.3. The van der Waals surface area contributed by atoms with Gasteiger partial charge in [0.15, 0.2) is 0 Å². The minimum atomic E-state index is -0.269. The van der Waals surface area contributed by atoms with E-state index in [1.807, 2.05) is 52.0 Å². The SMILES string of the molecule is Cc1c2cnn(CC(=O)NCCCOC(C)C)c(=O)c2c(C)n1Cc1ccccc1Cl. The van der Waals surface area contributed by atoms with Crippen molar-refractivity contribution in [3.8, 4) is 0 Å². The molecular formula is C23H29ClN4O3. The predicted octanol–water partition coefficient (Wildman–Crippen LogP) is 3.45. The van der Waals surface area contributed by atoms with Gasteiger partial charge in [0.05, 0.1) is 17.7 Å². The Kier molecular flexibility index (Phi) is 7.51. The van der Waals surface area contributed by atoms with Crippen molar-refractivity contribution in [3.05, 3.63) is 62.8 Å². The van der Waals surface area contributed by atoms with Gasteiger partial charge in [0.25, 0.3) is 5.56 Å². The normalized spacial score (nSPS) is 11.4. The van der Waals surface area contributed by atoms with E-state index in [0.29, 0.717) is 36.5 Å². The van der Waals surface area contributed by atoms with Crippen LogP contribution in [0.4, 0.5) is 0 Å². The standard InChI is InChI=1S/C23H29ClN4O3/c1-15(2)31-11-7-10-25-21(29)14-28-23(30)22-17(4)27(16(3)19(22)12-26-28)13-18-8-5-6-9-20(18)24/h5-6,8-9,12,15H,7,10-11,13-14H2,1-4H3,(H,25,29). The van der Waals surface area contributed by atoms with Crippen LogP contribution in [0, 0.1) is 13.8 Å². The first-order valence-corrected chi connectivity index (χ1v) is 10.8. The zero-order valence-electron chi connectivity index (χ0n) is 18.4. The lowest BCUT2D eigenvalue weighted by Crippen LogP contribution is -2.34. The molecule has 3 aromatic rings. The molecule has 0 aliphatic rings. The number of hydrogen-bond acceptors (Lipinski definition) is 4. The molecule has 0 aliphatic carbocycles. The van der Waals surface area contributed by atoms with Crippen LogP contribution in [-0.4, -0.2) is 39.5 Å². The summed E-state index contributed by atoms with van der Waals surface area (Å²) in [6.07, 6.45) is 2.54. The van der Waals surface area contributed by atoms with Crippen LogP contribution in [-0.2, 0) is 22.6 Å². The molecule has 7 nitrogen and oxygen atoms in total. The van der Waals surface area contributed by atoms with Crippen LogP contribution in [0.2, 0.25) is 5.02 Å².